The van der Waals surface area contributed by atoms with Gasteiger partial charge in [-0.2, -0.15) is 0 Å². The first-order valence-corrected chi connectivity index (χ1v) is 11.3. The lowest BCUT2D eigenvalue weighted by molar-refractivity contribution is 0.150. The maximum Gasteiger partial charge on any atom is 0.191 e. The van der Waals surface area contributed by atoms with Crippen LogP contribution in [0.1, 0.15) is 12.0 Å². The third kappa shape index (κ3) is 9.38. The summed E-state index contributed by atoms with van der Waals surface area (Å²) in [5, 5.41) is 7.00. The molecule has 0 amide bonds. The Morgan fingerprint density at radius 1 is 1.12 bits per heavy atom. The number of rotatable bonds is 11. The summed E-state index contributed by atoms with van der Waals surface area (Å²) >= 11 is 0. The average molecular weight is 568 g/mol. The highest BCUT2D eigenvalue weighted by atomic mass is 127. The number of benzene rings is 2. The Hall–Kier alpha value is -2.04. The molecule has 2 aromatic carbocycles. The van der Waals surface area contributed by atoms with E-state index in [2.05, 4.69) is 74.9 Å². The zero-order chi connectivity index (χ0) is 22.6. The largest absolute Gasteiger partial charge is 0.492 e. The first kappa shape index (κ1) is 27.2. The number of likely N-dealkylation sites (N-methyl/N-ethyl adjacent to an activating group) is 1. The molecule has 2 aromatic rings. The molecule has 7 nitrogen and oxygen atoms in total. The minimum absolute atomic E-state index is 0. The van der Waals surface area contributed by atoms with Crippen molar-refractivity contribution in [2.45, 2.75) is 19.0 Å². The lowest BCUT2D eigenvalue weighted by Gasteiger charge is -2.20. The van der Waals surface area contributed by atoms with E-state index in [1.807, 2.05) is 19.2 Å². The number of methoxy groups -OCH3 is 1. The van der Waals surface area contributed by atoms with Gasteiger partial charge in [0.15, 0.2) is 5.96 Å². The molecule has 0 aromatic heterocycles. The molecule has 1 atom stereocenters. The molecule has 33 heavy (non-hydrogen) atoms. The van der Waals surface area contributed by atoms with Gasteiger partial charge in [0.1, 0.15) is 12.4 Å². The van der Waals surface area contributed by atoms with Crippen LogP contribution < -0.4 is 20.3 Å². The number of para-hydroxylation sites is 1. The molecule has 0 saturated carbocycles. The molecule has 2 N–H and O–H groups in total. The summed E-state index contributed by atoms with van der Waals surface area (Å²) in [7, 11) is 5.62. The summed E-state index contributed by atoms with van der Waals surface area (Å²) < 4.78 is 11.0. The summed E-state index contributed by atoms with van der Waals surface area (Å²) in [5.41, 5.74) is 2.44. The zero-order valence-electron chi connectivity index (χ0n) is 20.0. The predicted molar refractivity (Wildman–Crippen MR) is 147 cm³/mol. The van der Waals surface area contributed by atoms with Crippen LogP contribution in [0.2, 0.25) is 0 Å². The number of halogens is 1. The lowest BCUT2D eigenvalue weighted by Crippen LogP contribution is -2.44. The van der Waals surface area contributed by atoms with Crippen molar-refractivity contribution in [3.8, 4) is 5.75 Å². The number of anilines is 1. The zero-order valence-corrected chi connectivity index (χ0v) is 22.3. The minimum Gasteiger partial charge on any atom is -0.492 e. The Balaban J connectivity index is 0.00000385. The molecule has 182 valence electrons. The maximum absolute atomic E-state index is 5.93. The van der Waals surface area contributed by atoms with Crippen LogP contribution in [-0.4, -0.2) is 77.5 Å². The third-order valence-electron chi connectivity index (χ3n) is 5.65. The summed E-state index contributed by atoms with van der Waals surface area (Å²) in [6.45, 7) is 5.88. The van der Waals surface area contributed by atoms with Crippen LogP contribution in [0.4, 0.5) is 5.69 Å². The summed E-state index contributed by atoms with van der Waals surface area (Å²) in [4.78, 5) is 9.03. The van der Waals surface area contributed by atoms with Gasteiger partial charge in [-0.05, 0) is 43.3 Å². The van der Waals surface area contributed by atoms with Crippen LogP contribution in [0.15, 0.2) is 59.6 Å². The number of ether oxygens (including phenoxy) is 2. The van der Waals surface area contributed by atoms with Gasteiger partial charge in [0.25, 0.3) is 0 Å². The first-order valence-electron chi connectivity index (χ1n) is 11.3. The van der Waals surface area contributed by atoms with Crippen LogP contribution >= 0.6 is 24.0 Å². The van der Waals surface area contributed by atoms with E-state index in [1.165, 1.54) is 5.69 Å². The van der Waals surface area contributed by atoms with Crippen LogP contribution in [-0.2, 0) is 11.3 Å². The Bertz CT molecular complexity index is 837. The van der Waals surface area contributed by atoms with E-state index >= 15 is 0 Å². The molecule has 1 aliphatic heterocycles. The first-order chi connectivity index (χ1) is 15.7. The maximum atomic E-state index is 5.93. The van der Waals surface area contributed by atoms with Gasteiger partial charge < -0.3 is 29.9 Å². The Labute approximate surface area is 215 Å². The van der Waals surface area contributed by atoms with Gasteiger partial charge in [-0.1, -0.05) is 30.3 Å². The van der Waals surface area contributed by atoms with Crippen molar-refractivity contribution in [1.29, 1.82) is 0 Å². The summed E-state index contributed by atoms with van der Waals surface area (Å²) in [6.07, 6.45) is 1.09. The SMILES string of the molecule is CN=C(NCc1cccc(OCCN(C)CCOC)c1)NC1CCN(c2ccccc2)C1.I. The molecule has 8 heteroatoms. The summed E-state index contributed by atoms with van der Waals surface area (Å²) in [5.74, 6) is 1.72. The molecule has 0 radical (unpaired) electrons. The van der Waals surface area contributed by atoms with E-state index in [0.29, 0.717) is 19.2 Å². The fourth-order valence-electron chi connectivity index (χ4n) is 3.75. The van der Waals surface area contributed by atoms with E-state index in [0.717, 1.165) is 56.5 Å². The van der Waals surface area contributed by atoms with Gasteiger partial charge in [-0.15, -0.1) is 24.0 Å². The molecular formula is C25H38IN5O2. The second-order valence-corrected chi connectivity index (χ2v) is 8.13. The Kier molecular flexibility index (Phi) is 12.3. The Morgan fingerprint density at radius 2 is 1.91 bits per heavy atom. The fraction of sp³-hybridized carbons (Fsp3) is 0.480. The molecule has 1 heterocycles. The van der Waals surface area contributed by atoms with Crippen molar-refractivity contribution in [2.75, 3.05) is 65.5 Å². The van der Waals surface area contributed by atoms with E-state index in [-0.39, 0.29) is 24.0 Å². The van der Waals surface area contributed by atoms with Crippen molar-refractivity contribution in [3.05, 3.63) is 60.2 Å². The van der Waals surface area contributed by atoms with Crippen molar-refractivity contribution in [1.82, 2.24) is 15.5 Å². The van der Waals surface area contributed by atoms with Gasteiger partial charge in [0.05, 0.1) is 6.61 Å². The van der Waals surface area contributed by atoms with Crippen molar-refractivity contribution in [3.63, 3.8) is 0 Å². The molecule has 1 unspecified atom stereocenters. The van der Waals surface area contributed by atoms with E-state index in [9.17, 15) is 0 Å². The Morgan fingerprint density at radius 3 is 2.67 bits per heavy atom. The smallest absolute Gasteiger partial charge is 0.191 e. The highest BCUT2D eigenvalue weighted by molar-refractivity contribution is 14.0. The van der Waals surface area contributed by atoms with E-state index < -0.39 is 0 Å². The fourth-order valence-corrected chi connectivity index (χ4v) is 3.75. The number of nitrogens with one attached hydrogen (secondary N) is 2. The van der Waals surface area contributed by atoms with Crippen molar-refractivity contribution < 1.29 is 9.47 Å². The number of guanidine groups is 1. The average Bonchev–Trinajstić information content (AvgIpc) is 3.30. The molecule has 0 bridgehead atoms. The van der Waals surface area contributed by atoms with Crippen molar-refractivity contribution in [2.24, 2.45) is 4.99 Å². The van der Waals surface area contributed by atoms with Gasteiger partial charge in [0, 0.05) is 58.6 Å². The number of hydrogen-bond acceptors (Lipinski definition) is 5. The lowest BCUT2D eigenvalue weighted by atomic mass is 10.2. The quantitative estimate of drug-likeness (QED) is 0.247. The molecule has 1 aliphatic rings. The molecule has 3 rings (SSSR count). The molecule has 1 saturated heterocycles. The van der Waals surface area contributed by atoms with Gasteiger partial charge in [0.2, 0.25) is 0 Å². The second kappa shape index (κ2) is 15.0. The normalized spacial score (nSPS) is 15.9. The monoisotopic (exact) mass is 567 g/mol. The van der Waals surface area contributed by atoms with Crippen LogP contribution in [0, 0.1) is 0 Å². The highest BCUT2D eigenvalue weighted by Crippen LogP contribution is 2.19. The number of hydrogen-bond donors (Lipinski definition) is 2. The van der Waals surface area contributed by atoms with Gasteiger partial charge in [-0.25, -0.2) is 0 Å². The highest BCUT2D eigenvalue weighted by Gasteiger charge is 2.23. The molecule has 0 aliphatic carbocycles. The van der Waals surface area contributed by atoms with Crippen molar-refractivity contribution >= 4 is 35.6 Å². The second-order valence-electron chi connectivity index (χ2n) is 8.13. The van der Waals surface area contributed by atoms with Gasteiger partial charge in [-0.3, -0.25) is 4.99 Å². The summed E-state index contributed by atoms with van der Waals surface area (Å²) in [6, 6.07) is 19.2. The predicted octanol–water partition coefficient (Wildman–Crippen LogP) is 3.21. The topological polar surface area (TPSA) is 61.4 Å². The standard InChI is InChI=1S/C25H37N5O2.HI/c1-26-25(28-22-12-13-30(20-22)23-9-5-4-6-10-23)27-19-21-8-7-11-24(18-21)32-17-15-29(2)14-16-31-3;/h4-11,18,22H,12-17,19-20H2,1-3H3,(H2,26,27,28);1H. The van der Waals surface area contributed by atoms with E-state index in [1.54, 1.807) is 7.11 Å². The van der Waals surface area contributed by atoms with Crippen LogP contribution in [0.25, 0.3) is 0 Å². The molecule has 0 spiro atoms. The van der Waals surface area contributed by atoms with Crippen LogP contribution in [0.3, 0.4) is 0 Å². The third-order valence-corrected chi connectivity index (χ3v) is 5.65. The molecule has 1 fully saturated rings. The molecular weight excluding hydrogens is 529 g/mol. The van der Waals surface area contributed by atoms with Gasteiger partial charge >= 0.3 is 0 Å². The number of aliphatic imine (C=N–C) groups is 1. The van der Waals surface area contributed by atoms with E-state index in [4.69, 9.17) is 9.47 Å². The minimum atomic E-state index is 0. The number of nitrogens with zero attached hydrogens (tertiary/aromatic N) is 3. The van der Waals surface area contributed by atoms with Crippen LogP contribution in [0.5, 0.6) is 5.75 Å².